The van der Waals surface area contributed by atoms with E-state index < -0.39 is 0 Å². The first-order valence-electron chi connectivity index (χ1n) is 9.72. The number of nitrogens with one attached hydrogen (secondary N) is 2. The van der Waals surface area contributed by atoms with Crippen molar-refractivity contribution in [1.82, 2.24) is 20.0 Å². The molecular weight excluding hydrogens is 392 g/mol. The van der Waals surface area contributed by atoms with E-state index in [1.807, 2.05) is 56.3 Å². The maximum Gasteiger partial charge on any atom is 0.255 e. The molecule has 0 bridgehead atoms. The lowest BCUT2D eigenvalue weighted by atomic mass is 10.2. The van der Waals surface area contributed by atoms with Crippen LogP contribution in [-0.2, 0) is 0 Å². The van der Waals surface area contributed by atoms with Gasteiger partial charge in [-0.15, -0.1) is 10.2 Å². The molecule has 8 nitrogen and oxygen atoms in total. The van der Waals surface area contributed by atoms with Crippen molar-refractivity contribution in [2.45, 2.75) is 13.8 Å². The molecule has 0 saturated heterocycles. The third-order valence-corrected chi connectivity index (χ3v) is 4.64. The number of carbonyl (C=O) groups excluding carboxylic acids is 1. The van der Waals surface area contributed by atoms with E-state index in [9.17, 15) is 4.79 Å². The third-order valence-electron chi connectivity index (χ3n) is 4.64. The molecule has 4 aromatic rings. The van der Waals surface area contributed by atoms with Crippen LogP contribution in [0.3, 0.4) is 0 Å². The lowest BCUT2D eigenvalue weighted by Crippen LogP contribution is -2.11. The Kier molecular flexibility index (Phi) is 5.61. The van der Waals surface area contributed by atoms with E-state index in [1.165, 1.54) is 0 Å². The van der Waals surface area contributed by atoms with Crippen LogP contribution in [0.5, 0.6) is 5.75 Å². The van der Waals surface area contributed by atoms with Gasteiger partial charge in [-0.1, -0.05) is 0 Å². The monoisotopic (exact) mass is 414 g/mol. The van der Waals surface area contributed by atoms with Crippen LogP contribution in [0.4, 0.5) is 17.2 Å². The number of aromatic nitrogens is 4. The number of hydrogen-bond acceptors (Lipinski definition) is 6. The van der Waals surface area contributed by atoms with Crippen LogP contribution in [0, 0.1) is 13.8 Å². The van der Waals surface area contributed by atoms with Gasteiger partial charge >= 0.3 is 0 Å². The van der Waals surface area contributed by atoms with Gasteiger partial charge in [-0.3, -0.25) is 4.79 Å². The molecule has 156 valence electrons. The van der Waals surface area contributed by atoms with Gasteiger partial charge in [0.2, 0.25) is 0 Å². The summed E-state index contributed by atoms with van der Waals surface area (Å²) in [6.07, 6.45) is 0. The molecule has 2 aromatic heterocycles. The summed E-state index contributed by atoms with van der Waals surface area (Å²) in [5, 5.41) is 19.0. The first kappa shape index (κ1) is 20.1. The Bertz CT molecular complexity index is 1180. The van der Waals surface area contributed by atoms with E-state index >= 15 is 0 Å². The van der Waals surface area contributed by atoms with Crippen molar-refractivity contribution in [2.24, 2.45) is 0 Å². The summed E-state index contributed by atoms with van der Waals surface area (Å²) in [6, 6.07) is 20.0. The van der Waals surface area contributed by atoms with Crippen LogP contribution in [0.25, 0.3) is 5.82 Å². The van der Waals surface area contributed by atoms with Gasteiger partial charge in [0.25, 0.3) is 5.91 Å². The zero-order valence-electron chi connectivity index (χ0n) is 17.5. The minimum atomic E-state index is -0.186. The van der Waals surface area contributed by atoms with Gasteiger partial charge < -0.3 is 15.4 Å². The van der Waals surface area contributed by atoms with Crippen LogP contribution >= 0.6 is 0 Å². The molecule has 8 heteroatoms. The fourth-order valence-electron chi connectivity index (χ4n) is 3.10. The molecule has 0 aliphatic carbocycles. The van der Waals surface area contributed by atoms with Gasteiger partial charge in [-0.25, -0.2) is 4.68 Å². The molecule has 0 aliphatic heterocycles. The fourth-order valence-corrected chi connectivity index (χ4v) is 3.10. The van der Waals surface area contributed by atoms with E-state index in [4.69, 9.17) is 4.74 Å². The summed E-state index contributed by atoms with van der Waals surface area (Å²) < 4.78 is 6.87. The van der Waals surface area contributed by atoms with Gasteiger partial charge in [0.1, 0.15) is 5.75 Å². The predicted molar refractivity (Wildman–Crippen MR) is 119 cm³/mol. The Morgan fingerprint density at radius 3 is 2.19 bits per heavy atom. The SMILES string of the molecule is COc1ccc(C(=O)Nc2ccc(Nc3ccc(-n4nc(C)cc4C)nn3)cc2)cc1. The third kappa shape index (κ3) is 4.69. The minimum absolute atomic E-state index is 0.186. The molecule has 0 spiro atoms. The lowest BCUT2D eigenvalue weighted by molar-refractivity contribution is 0.102. The molecule has 0 radical (unpaired) electrons. The van der Waals surface area contributed by atoms with Gasteiger partial charge in [0.05, 0.1) is 12.8 Å². The van der Waals surface area contributed by atoms with Gasteiger partial charge in [0.15, 0.2) is 11.6 Å². The smallest absolute Gasteiger partial charge is 0.255 e. The normalized spacial score (nSPS) is 10.5. The molecule has 2 heterocycles. The van der Waals surface area contributed by atoms with Crippen LogP contribution in [0.1, 0.15) is 21.7 Å². The topological polar surface area (TPSA) is 94.0 Å². The number of hydrogen-bond donors (Lipinski definition) is 2. The van der Waals surface area contributed by atoms with Crippen LogP contribution in [0.2, 0.25) is 0 Å². The maximum atomic E-state index is 12.4. The Hall–Kier alpha value is -4.20. The molecule has 4 rings (SSSR count). The predicted octanol–water partition coefficient (Wildman–Crippen LogP) is 4.28. The second-order valence-electron chi connectivity index (χ2n) is 7.00. The quantitative estimate of drug-likeness (QED) is 0.489. The summed E-state index contributed by atoms with van der Waals surface area (Å²) in [5.74, 6) is 1.79. The molecule has 0 saturated carbocycles. The largest absolute Gasteiger partial charge is 0.497 e. The van der Waals surface area contributed by atoms with E-state index in [0.29, 0.717) is 28.6 Å². The highest BCUT2D eigenvalue weighted by Gasteiger charge is 2.08. The summed E-state index contributed by atoms with van der Waals surface area (Å²) in [4.78, 5) is 12.4. The average Bonchev–Trinajstić information content (AvgIpc) is 3.13. The average molecular weight is 414 g/mol. The Labute approximate surface area is 179 Å². The molecule has 2 N–H and O–H groups in total. The summed E-state index contributed by atoms with van der Waals surface area (Å²) in [6.45, 7) is 3.92. The molecule has 31 heavy (non-hydrogen) atoms. The van der Waals surface area contributed by atoms with Crippen LogP contribution in [-0.4, -0.2) is 33.0 Å². The van der Waals surface area contributed by atoms with E-state index in [1.54, 1.807) is 36.1 Å². The number of nitrogens with zero attached hydrogens (tertiary/aromatic N) is 4. The number of ether oxygens (including phenoxy) is 1. The molecule has 0 fully saturated rings. The summed E-state index contributed by atoms with van der Waals surface area (Å²) in [5.41, 5.74) is 4.01. The Morgan fingerprint density at radius 1 is 0.903 bits per heavy atom. The van der Waals surface area contributed by atoms with Gasteiger partial charge in [-0.05, 0) is 80.6 Å². The first-order valence-corrected chi connectivity index (χ1v) is 9.72. The molecule has 1 amide bonds. The molecule has 0 atom stereocenters. The number of benzene rings is 2. The number of rotatable bonds is 6. The number of amides is 1. The van der Waals surface area contributed by atoms with Crippen molar-refractivity contribution in [3.63, 3.8) is 0 Å². The standard InChI is InChI=1S/C23H22N6O2/c1-15-14-16(2)29(28-15)22-13-12-21(26-27-22)24-18-6-8-19(9-7-18)25-23(30)17-4-10-20(31-3)11-5-17/h4-14H,1-3H3,(H,24,26)(H,25,30). The first-order chi connectivity index (χ1) is 15.0. The number of methoxy groups -OCH3 is 1. The van der Waals surface area contributed by atoms with E-state index in [0.717, 1.165) is 17.1 Å². The molecular formula is C23H22N6O2. The van der Waals surface area contributed by atoms with Crippen molar-refractivity contribution in [1.29, 1.82) is 0 Å². The highest BCUT2D eigenvalue weighted by molar-refractivity contribution is 6.04. The maximum absolute atomic E-state index is 12.4. The molecule has 2 aromatic carbocycles. The fraction of sp³-hybridized carbons (Fsp3) is 0.130. The van der Waals surface area contributed by atoms with Crippen molar-refractivity contribution < 1.29 is 9.53 Å². The van der Waals surface area contributed by atoms with Crippen LogP contribution in [0.15, 0.2) is 66.7 Å². The highest BCUT2D eigenvalue weighted by Crippen LogP contribution is 2.19. The highest BCUT2D eigenvalue weighted by atomic mass is 16.5. The Balaban J connectivity index is 1.39. The van der Waals surface area contributed by atoms with Gasteiger partial charge in [0, 0.05) is 22.6 Å². The molecule has 0 aliphatic rings. The Morgan fingerprint density at radius 2 is 1.61 bits per heavy atom. The summed E-state index contributed by atoms with van der Waals surface area (Å²) >= 11 is 0. The summed E-state index contributed by atoms with van der Waals surface area (Å²) in [7, 11) is 1.59. The van der Waals surface area contributed by atoms with Crippen molar-refractivity contribution in [3.8, 4) is 11.6 Å². The zero-order chi connectivity index (χ0) is 21.8. The van der Waals surface area contributed by atoms with E-state index in [2.05, 4.69) is 25.9 Å². The zero-order valence-corrected chi connectivity index (χ0v) is 17.5. The number of anilines is 3. The number of aryl methyl sites for hydroxylation is 2. The second-order valence-corrected chi connectivity index (χ2v) is 7.00. The van der Waals surface area contributed by atoms with Crippen molar-refractivity contribution in [3.05, 3.63) is 83.7 Å². The lowest BCUT2D eigenvalue weighted by Gasteiger charge is -2.09. The minimum Gasteiger partial charge on any atom is -0.497 e. The van der Waals surface area contributed by atoms with Crippen molar-refractivity contribution in [2.75, 3.05) is 17.7 Å². The van der Waals surface area contributed by atoms with Crippen LogP contribution < -0.4 is 15.4 Å². The molecule has 0 unspecified atom stereocenters. The second kappa shape index (κ2) is 8.66. The van der Waals surface area contributed by atoms with Gasteiger partial charge in [-0.2, -0.15) is 5.10 Å². The van der Waals surface area contributed by atoms with E-state index in [-0.39, 0.29) is 5.91 Å². The van der Waals surface area contributed by atoms with Crippen molar-refractivity contribution >= 4 is 23.1 Å². The number of carbonyl (C=O) groups is 1.